The van der Waals surface area contributed by atoms with Gasteiger partial charge in [-0.1, -0.05) is 0 Å². The number of rotatable bonds is 9. The number of aromatic carboxylic acids is 1. The maximum absolute atomic E-state index is 12.1. The van der Waals surface area contributed by atoms with Crippen molar-refractivity contribution in [2.24, 2.45) is 7.05 Å². The molecule has 9 heteroatoms. The average molecular weight is 320 g/mol. The molecule has 0 unspecified atom stereocenters. The normalized spacial score (nSPS) is 12.0. The summed E-state index contributed by atoms with van der Waals surface area (Å²) in [5.74, 6) is -1.19. The van der Waals surface area contributed by atoms with Crippen molar-refractivity contribution in [2.75, 3.05) is 19.8 Å². The van der Waals surface area contributed by atoms with Crippen LogP contribution in [0.25, 0.3) is 0 Å². The molecule has 120 valence electrons. The molecular formula is C12H20N2O6S. The second-order valence-electron chi connectivity index (χ2n) is 4.17. The Kier molecular flexibility index (Phi) is 6.34. The van der Waals surface area contributed by atoms with Gasteiger partial charge in [0.05, 0.1) is 6.54 Å². The van der Waals surface area contributed by atoms with E-state index in [0.29, 0.717) is 13.2 Å². The molecule has 0 amide bonds. The third-order valence-corrected chi connectivity index (χ3v) is 4.04. The van der Waals surface area contributed by atoms with Gasteiger partial charge in [0.1, 0.15) is 10.6 Å². The molecule has 1 heterocycles. The highest BCUT2D eigenvalue weighted by atomic mass is 32.2. The van der Waals surface area contributed by atoms with Gasteiger partial charge in [0, 0.05) is 26.5 Å². The summed E-state index contributed by atoms with van der Waals surface area (Å²) in [6, 6.07) is 1.10. The minimum atomic E-state index is -3.82. The number of nitrogens with one attached hydrogen (secondary N) is 1. The Balaban J connectivity index is 2.81. The van der Waals surface area contributed by atoms with Crippen LogP contribution in [0.5, 0.6) is 0 Å². The molecule has 0 aliphatic carbocycles. The van der Waals surface area contributed by atoms with Gasteiger partial charge in [-0.2, -0.15) is 0 Å². The molecule has 0 bridgehead atoms. The smallest absolute Gasteiger partial charge is 0.352 e. The Morgan fingerprint density at radius 3 is 2.38 bits per heavy atom. The first-order valence-corrected chi connectivity index (χ1v) is 7.92. The summed E-state index contributed by atoms with van der Waals surface area (Å²) in [6.07, 6.45) is 0.555. The van der Waals surface area contributed by atoms with Crippen molar-refractivity contribution >= 4 is 16.0 Å². The van der Waals surface area contributed by atoms with E-state index < -0.39 is 22.3 Å². The Bertz CT molecular complexity index is 575. The highest BCUT2D eigenvalue weighted by molar-refractivity contribution is 7.89. The third kappa shape index (κ3) is 4.81. The first-order valence-electron chi connectivity index (χ1n) is 6.44. The number of nitrogens with zero attached hydrogens (tertiary/aromatic N) is 1. The number of sulfonamides is 1. The molecule has 0 saturated carbocycles. The van der Waals surface area contributed by atoms with Gasteiger partial charge in [-0.15, -0.1) is 0 Å². The summed E-state index contributed by atoms with van der Waals surface area (Å²) in [7, 11) is -2.36. The number of aromatic nitrogens is 1. The lowest BCUT2D eigenvalue weighted by molar-refractivity contribution is -0.130. The quantitative estimate of drug-likeness (QED) is 0.638. The monoisotopic (exact) mass is 320 g/mol. The molecule has 0 spiro atoms. The maximum atomic E-state index is 12.1. The SMILES string of the molecule is CCOC(CNS(=O)(=O)c1cc(C(=O)O)n(C)c1)OCC. The van der Waals surface area contributed by atoms with Crippen LogP contribution in [0.2, 0.25) is 0 Å². The number of hydrogen-bond acceptors (Lipinski definition) is 5. The molecule has 0 aromatic carbocycles. The summed E-state index contributed by atoms with van der Waals surface area (Å²) < 4.78 is 38.3. The van der Waals surface area contributed by atoms with Crippen LogP contribution >= 0.6 is 0 Å². The molecule has 0 saturated heterocycles. The van der Waals surface area contributed by atoms with Crippen LogP contribution in [0, 0.1) is 0 Å². The van der Waals surface area contributed by atoms with E-state index in [9.17, 15) is 13.2 Å². The second-order valence-corrected chi connectivity index (χ2v) is 5.94. The Morgan fingerprint density at radius 1 is 1.38 bits per heavy atom. The van der Waals surface area contributed by atoms with Gasteiger partial charge in [0.15, 0.2) is 6.29 Å². The summed E-state index contributed by atoms with van der Waals surface area (Å²) in [6.45, 7) is 4.27. The lowest BCUT2D eigenvalue weighted by Crippen LogP contribution is -2.35. The summed E-state index contributed by atoms with van der Waals surface area (Å²) in [4.78, 5) is 10.8. The lowest BCUT2D eigenvalue weighted by atomic mass is 10.4. The molecule has 0 radical (unpaired) electrons. The highest BCUT2D eigenvalue weighted by Gasteiger charge is 2.21. The Labute approximate surface area is 123 Å². The number of aryl methyl sites for hydroxylation is 1. The van der Waals surface area contributed by atoms with E-state index in [1.165, 1.54) is 17.8 Å². The van der Waals surface area contributed by atoms with Gasteiger partial charge in [0.25, 0.3) is 0 Å². The van der Waals surface area contributed by atoms with E-state index >= 15 is 0 Å². The van der Waals surface area contributed by atoms with Gasteiger partial charge in [-0.3, -0.25) is 0 Å². The zero-order valence-electron chi connectivity index (χ0n) is 12.2. The van der Waals surface area contributed by atoms with Gasteiger partial charge in [-0.25, -0.2) is 17.9 Å². The van der Waals surface area contributed by atoms with E-state index in [4.69, 9.17) is 14.6 Å². The number of ether oxygens (including phenoxy) is 2. The molecule has 21 heavy (non-hydrogen) atoms. The maximum Gasteiger partial charge on any atom is 0.352 e. The molecule has 2 N–H and O–H groups in total. The molecule has 0 atom stereocenters. The predicted molar refractivity (Wildman–Crippen MR) is 74.6 cm³/mol. The van der Waals surface area contributed by atoms with Crippen LogP contribution in [0.1, 0.15) is 24.3 Å². The fourth-order valence-corrected chi connectivity index (χ4v) is 2.78. The summed E-state index contributed by atoms with van der Waals surface area (Å²) >= 11 is 0. The number of hydrogen-bond donors (Lipinski definition) is 2. The predicted octanol–water partition coefficient (Wildman–Crippen LogP) is 0.401. The highest BCUT2D eigenvalue weighted by Crippen LogP contribution is 2.13. The second kappa shape index (κ2) is 7.55. The summed E-state index contributed by atoms with van der Waals surface area (Å²) in [5, 5.41) is 8.93. The van der Waals surface area contributed by atoms with Crippen LogP contribution in [-0.4, -0.2) is 50.1 Å². The molecule has 0 aliphatic rings. The number of carboxylic acid groups (broad SMARTS) is 1. The van der Waals surface area contributed by atoms with Gasteiger partial charge in [-0.05, 0) is 19.9 Å². The van der Waals surface area contributed by atoms with Crippen molar-refractivity contribution in [1.82, 2.24) is 9.29 Å². The van der Waals surface area contributed by atoms with Crippen molar-refractivity contribution in [2.45, 2.75) is 25.0 Å². The van der Waals surface area contributed by atoms with Crippen molar-refractivity contribution in [1.29, 1.82) is 0 Å². The zero-order valence-corrected chi connectivity index (χ0v) is 13.0. The molecule has 0 aliphatic heterocycles. The topological polar surface area (TPSA) is 107 Å². The Morgan fingerprint density at radius 2 is 1.95 bits per heavy atom. The number of carbonyl (C=O) groups is 1. The zero-order chi connectivity index (χ0) is 16.0. The van der Waals surface area contributed by atoms with E-state index in [0.717, 1.165) is 6.07 Å². The standard InChI is InChI=1S/C12H20N2O6S/c1-4-19-11(20-5-2)7-13-21(17,18)9-6-10(12(15)16)14(3)8-9/h6,8,11,13H,4-5,7H2,1-3H3,(H,15,16). The van der Waals surface area contributed by atoms with E-state index in [-0.39, 0.29) is 17.1 Å². The Hall–Kier alpha value is -1.42. The van der Waals surface area contributed by atoms with Crippen LogP contribution in [0.3, 0.4) is 0 Å². The van der Waals surface area contributed by atoms with Crippen LogP contribution in [0.4, 0.5) is 0 Å². The van der Waals surface area contributed by atoms with E-state index in [2.05, 4.69) is 4.72 Å². The average Bonchev–Trinajstić information content (AvgIpc) is 2.80. The number of carboxylic acids is 1. The molecular weight excluding hydrogens is 300 g/mol. The minimum Gasteiger partial charge on any atom is -0.477 e. The fourth-order valence-electron chi connectivity index (χ4n) is 1.69. The van der Waals surface area contributed by atoms with Crippen LogP contribution in [0.15, 0.2) is 17.2 Å². The molecule has 1 rings (SSSR count). The molecule has 1 aromatic rings. The van der Waals surface area contributed by atoms with E-state index in [1.807, 2.05) is 0 Å². The lowest BCUT2D eigenvalue weighted by Gasteiger charge is -2.17. The molecule has 0 fully saturated rings. The summed E-state index contributed by atoms with van der Waals surface area (Å²) in [5.41, 5.74) is -0.110. The van der Waals surface area contributed by atoms with Crippen molar-refractivity contribution in [3.05, 3.63) is 18.0 Å². The van der Waals surface area contributed by atoms with Crippen LogP contribution in [-0.2, 0) is 26.5 Å². The van der Waals surface area contributed by atoms with Gasteiger partial charge < -0.3 is 19.1 Å². The van der Waals surface area contributed by atoms with Crippen molar-refractivity contribution in [3.63, 3.8) is 0 Å². The van der Waals surface area contributed by atoms with E-state index in [1.54, 1.807) is 13.8 Å². The molecule has 8 nitrogen and oxygen atoms in total. The third-order valence-electron chi connectivity index (χ3n) is 2.65. The van der Waals surface area contributed by atoms with Gasteiger partial charge in [0.2, 0.25) is 10.0 Å². The van der Waals surface area contributed by atoms with Gasteiger partial charge >= 0.3 is 5.97 Å². The van der Waals surface area contributed by atoms with Crippen LogP contribution < -0.4 is 4.72 Å². The molecule has 1 aromatic heterocycles. The van der Waals surface area contributed by atoms with Crippen molar-refractivity contribution in [3.8, 4) is 0 Å². The first-order chi connectivity index (χ1) is 9.81. The minimum absolute atomic E-state index is 0.0543. The largest absolute Gasteiger partial charge is 0.477 e. The first kappa shape index (κ1) is 17.6. The van der Waals surface area contributed by atoms with Crippen molar-refractivity contribution < 1.29 is 27.8 Å². The fraction of sp³-hybridized carbons (Fsp3) is 0.583.